The van der Waals surface area contributed by atoms with Crippen molar-refractivity contribution >= 4 is 16.5 Å². The second kappa shape index (κ2) is 7.28. The normalized spacial score (nSPS) is 26.3. The average molecular weight is 433 g/mol. The van der Waals surface area contributed by atoms with Crippen LogP contribution in [-0.4, -0.2) is 68.8 Å². The standard InChI is InChI=1S/C20H22F2N6OS/c1-27-11-3-4-15(27)18(22)16(5-11)28(2)20-26-25-19(30-20)13-6-14(21)12(7-17(13)29)10-8-23-24-9-10/h6-9,11,15-16,18,29H,3-5H2,1-2H3,(H,23,24)/t11?,15?,16-,18+/m0/s1. The third-order valence-corrected chi connectivity index (χ3v) is 7.53. The van der Waals surface area contributed by atoms with Gasteiger partial charge in [0.25, 0.3) is 0 Å². The van der Waals surface area contributed by atoms with Crippen LogP contribution in [0.5, 0.6) is 5.75 Å². The predicted octanol–water partition coefficient (Wildman–Crippen LogP) is 3.45. The summed E-state index contributed by atoms with van der Waals surface area (Å²) in [6.07, 6.45) is 4.70. The number of hydrogen-bond donors (Lipinski definition) is 2. The molecule has 158 valence electrons. The highest BCUT2D eigenvalue weighted by atomic mass is 32.1. The quantitative estimate of drug-likeness (QED) is 0.657. The lowest BCUT2D eigenvalue weighted by Crippen LogP contribution is -2.56. The molecule has 2 bridgehead atoms. The fourth-order valence-electron chi connectivity index (χ4n) is 4.71. The number of alkyl halides is 1. The molecule has 2 aliphatic rings. The molecule has 2 N–H and O–H groups in total. The summed E-state index contributed by atoms with van der Waals surface area (Å²) in [5.74, 6) is -0.594. The number of aromatic hydroxyl groups is 1. The van der Waals surface area contributed by atoms with E-state index in [2.05, 4.69) is 25.3 Å². The van der Waals surface area contributed by atoms with Crippen molar-refractivity contribution in [3.8, 4) is 27.4 Å². The summed E-state index contributed by atoms with van der Waals surface area (Å²) < 4.78 is 29.8. The van der Waals surface area contributed by atoms with Crippen LogP contribution in [0.4, 0.5) is 13.9 Å². The topological polar surface area (TPSA) is 81.2 Å². The van der Waals surface area contributed by atoms with Crippen molar-refractivity contribution in [2.45, 2.75) is 43.6 Å². The van der Waals surface area contributed by atoms with Crippen molar-refractivity contribution in [1.29, 1.82) is 0 Å². The second-order valence-electron chi connectivity index (χ2n) is 8.05. The number of nitrogens with zero attached hydrogens (tertiary/aromatic N) is 5. The highest BCUT2D eigenvalue weighted by Gasteiger charge is 2.47. The number of H-pyrrole nitrogens is 1. The number of fused-ring (bicyclic) bond motifs is 2. The van der Waals surface area contributed by atoms with Crippen molar-refractivity contribution in [3.05, 3.63) is 30.3 Å². The van der Waals surface area contributed by atoms with E-state index in [-0.39, 0.29) is 29.0 Å². The predicted molar refractivity (Wildman–Crippen MR) is 111 cm³/mol. The van der Waals surface area contributed by atoms with Gasteiger partial charge in [0.1, 0.15) is 17.7 Å². The van der Waals surface area contributed by atoms with E-state index in [9.17, 15) is 9.50 Å². The van der Waals surface area contributed by atoms with Crippen LogP contribution in [0.3, 0.4) is 0 Å². The first-order valence-corrected chi connectivity index (χ1v) is 10.7. The van der Waals surface area contributed by atoms with E-state index in [1.807, 2.05) is 19.0 Å². The molecule has 3 aromatic rings. The Morgan fingerprint density at radius 2 is 2.10 bits per heavy atom. The van der Waals surface area contributed by atoms with Gasteiger partial charge in [-0.3, -0.25) is 10.00 Å². The van der Waals surface area contributed by atoms with Gasteiger partial charge in [0.2, 0.25) is 5.13 Å². The highest BCUT2D eigenvalue weighted by Crippen LogP contribution is 2.41. The van der Waals surface area contributed by atoms with E-state index in [4.69, 9.17) is 0 Å². The third kappa shape index (κ3) is 3.05. The lowest BCUT2D eigenvalue weighted by atomic mass is 9.95. The molecule has 5 rings (SSSR count). The van der Waals surface area contributed by atoms with Gasteiger partial charge in [0.05, 0.1) is 17.8 Å². The van der Waals surface area contributed by atoms with Crippen molar-refractivity contribution in [2.24, 2.45) is 0 Å². The van der Waals surface area contributed by atoms with E-state index in [1.165, 1.54) is 29.7 Å². The maximum Gasteiger partial charge on any atom is 0.208 e. The number of aromatic amines is 1. The van der Waals surface area contributed by atoms with Crippen molar-refractivity contribution in [1.82, 2.24) is 25.3 Å². The molecule has 2 aromatic heterocycles. The molecule has 2 fully saturated rings. The Hall–Kier alpha value is -2.59. The molecule has 2 unspecified atom stereocenters. The third-order valence-electron chi connectivity index (χ3n) is 6.48. The maximum absolute atomic E-state index is 15.1. The molecule has 0 spiro atoms. The number of aromatic nitrogens is 4. The molecule has 30 heavy (non-hydrogen) atoms. The van der Waals surface area contributed by atoms with Crippen molar-refractivity contribution in [2.75, 3.05) is 19.0 Å². The fraction of sp³-hybridized carbons (Fsp3) is 0.450. The van der Waals surface area contributed by atoms with Gasteiger partial charge in [-0.25, -0.2) is 8.78 Å². The number of nitrogens with one attached hydrogen (secondary N) is 1. The number of rotatable bonds is 4. The highest BCUT2D eigenvalue weighted by molar-refractivity contribution is 7.18. The summed E-state index contributed by atoms with van der Waals surface area (Å²) in [6, 6.07) is 2.66. The second-order valence-corrected chi connectivity index (χ2v) is 9.00. The number of phenols is 1. The zero-order valence-electron chi connectivity index (χ0n) is 16.6. The molecule has 1 aromatic carbocycles. The first-order chi connectivity index (χ1) is 14.4. The van der Waals surface area contributed by atoms with Gasteiger partial charge in [-0.1, -0.05) is 11.3 Å². The average Bonchev–Trinajstić information content (AvgIpc) is 3.46. The zero-order chi connectivity index (χ0) is 21.0. The lowest BCUT2D eigenvalue weighted by Gasteiger charge is -2.42. The van der Waals surface area contributed by atoms with Gasteiger partial charge in [-0.2, -0.15) is 5.10 Å². The number of anilines is 1. The molecule has 4 atom stereocenters. The molecule has 4 heterocycles. The van der Waals surface area contributed by atoms with Crippen LogP contribution >= 0.6 is 11.3 Å². The van der Waals surface area contributed by atoms with Gasteiger partial charge in [0, 0.05) is 36.5 Å². The van der Waals surface area contributed by atoms with Gasteiger partial charge < -0.3 is 10.0 Å². The number of halogens is 2. The zero-order valence-corrected chi connectivity index (χ0v) is 17.4. The summed E-state index contributed by atoms with van der Waals surface area (Å²) in [6.45, 7) is 0. The first-order valence-electron chi connectivity index (χ1n) is 9.88. The number of benzene rings is 1. The lowest BCUT2D eigenvalue weighted by molar-refractivity contribution is 0.0703. The minimum Gasteiger partial charge on any atom is -0.507 e. The van der Waals surface area contributed by atoms with Crippen molar-refractivity contribution in [3.63, 3.8) is 0 Å². The van der Waals surface area contributed by atoms with Crippen LogP contribution in [0.1, 0.15) is 19.3 Å². The van der Waals surface area contributed by atoms with Gasteiger partial charge in [-0.05, 0) is 38.4 Å². The van der Waals surface area contributed by atoms with Crippen LogP contribution in [0, 0.1) is 5.82 Å². The molecule has 2 saturated heterocycles. The van der Waals surface area contributed by atoms with E-state index >= 15 is 4.39 Å². The van der Waals surface area contributed by atoms with Crippen LogP contribution in [0.25, 0.3) is 21.7 Å². The molecule has 7 nitrogen and oxygen atoms in total. The molecule has 0 aliphatic carbocycles. The molecule has 0 amide bonds. The summed E-state index contributed by atoms with van der Waals surface area (Å²) >= 11 is 1.22. The van der Waals surface area contributed by atoms with Crippen LogP contribution in [0.2, 0.25) is 0 Å². The van der Waals surface area contributed by atoms with E-state index in [0.29, 0.717) is 21.7 Å². The Bertz CT molecular complexity index is 1060. The summed E-state index contributed by atoms with van der Waals surface area (Å²) in [7, 11) is 3.83. The van der Waals surface area contributed by atoms with Gasteiger partial charge in [0.15, 0.2) is 5.01 Å². The van der Waals surface area contributed by atoms with Crippen LogP contribution in [-0.2, 0) is 0 Å². The molecular formula is C20H22F2N6OS. The SMILES string of the molecule is CN1C2CCC1[C@@H](F)[C@@H](N(C)c1nnc(-c3cc(F)c(-c4cn[nH]c4)cc3O)s1)C2. The largest absolute Gasteiger partial charge is 0.507 e. The first kappa shape index (κ1) is 19.4. The summed E-state index contributed by atoms with van der Waals surface area (Å²) in [5.41, 5.74) is 1.05. The number of hydrogen-bond acceptors (Lipinski definition) is 7. The fourth-order valence-corrected chi connectivity index (χ4v) is 5.60. The van der Waals surface area contributed by atoms with E-state index < -0.39 is 12.0 Å². The van der Waals surface area contributed by atoms with E-state index in [0.717, 1.165) is 19.3 Å². The summed E-state index contributed by atoms with van der Waals surface area (Å²) in [4.78, 5) is 4.00. The molecule has 2 aliphatic heterocycles. The Labute approximate surface area is 176 Å². The minimum absolute atomic E-state index is 0.0582. The number of piperidine rings is 1. The number of phenolic OH excluding ortho intramolecular Hbond substituents is 1. The smallest absolute Gasteiger partial charge is 0.208 e. The van der Waals surface area contributed by atoms with Crippen LogP contribution in [0.15, 0.2) is 24.5 Å². The van der Waals surface area contributed by atoms with Gasteiger partial charge in [-0.15, -0.1) is 10.2 Å². The molecular weight excluding hydrogens is 410 g/mol. The summed E-state index contributed by atoms with van der Waals surface area (Å²) in [5, 5.41) is 26.2. The molecule has 0 radical (unpaired) electrons. The Kier molecular flexibility index (Phi) is 4.70. The Morgan fingerprint density at radius 3 is 2.87 bits per heavy atom. The van der Waals surface area contributed by atoms with Crippen LogP contribution < -0.4 is 4.90 Å². The molecule has 0 saturated carbocycles. The molecule has 10 heteroatoms. The van der Waals surface area contributed by atoms with Crippen molar-refractivity contribution < 1.29 is 13.9 Å². The Morgan fingerprint density at radius 1 is 1.27 bits per heavy atom. The Balaban J connectivity index is 1.41. The minimum atomic E-state index is -0.966. The van der Waals surface area contributed by atoms with Gasteiger partial charge >= 0.3 is 0 Å². The maximum atomic E-state index is 15.1. The van der Waals surface area contributed by atoms with E-state index in [1.54, 1.807) is 6.20 Å². The monoisotopic (exact) mass is 432 g/mol.